The van der Waals surface area contributed by atoms with Gasteiger partial charge in [0.1, 0.15) is 11.5 Å². The zero-order valence-electron chi connectivity index (χ0n) is 21.1. The molecule has 1 aromatic heterocycles. The number of carbonyl (C=O) groups is 1. The van der Waals surface area contributed by atoms with E-state index in [1.54, 1.807) is 14.2 Å². The molecule has 0 radical (unpaired) electrons. The number of carbonyl (C=O) groups excluding carboxylic acids is 1. The van der Waals surface area contributed by atoms with E-state index in [4.69, 9.17) is 9.47 Å². The fourth-order valence-corrected chi connectivity index (χ4v) is 5.81. The first-order valence-electron chi connectivity index (χ1n) is 11.9. The van der Waals surface area contributed by atoms with Gasteiger partial charge in [0.2, 0.25) is 0 Å². The first-order chi connectivity index (χ1) is 16.2. The third-order valence-corrected chi connectivity index (χ3v) is 8.26. The average Bonchev–Trinajstić information content (AvgIpc) is 3.32. The fourth-order valence-electron chi connectivity index (χ4n) is 4.87. The molecule has 4 rings (SSSR count). The summed E-state index contributed by atoms with van der Waals surface area (Å²) in [6.45, 7) is 9.84. The van der Waals surface area contributed by atoms with Crippen LogP contribution in [0.2, 0.25) is 0 Å². The smallest absolute Gasteiger partial charge is 0.261 e. The summed E-state index contributed by atoms with van der Waals surface area (Å²) in [5.41, 5.74) is 5.14. The van der Waals surface area contributed by atoms with E-state index in [1.165, 1.54) is 22.5 Å². The molecule has 4 nitrogen and oxygen atoms in total. The molecule has 0 saturated carbocycles. The second-order valence-electron chi connectivity index (χ2n) is 10.3. The Morgan fingerprint density at radius 3 is 2.24 bits per heavy atom. The SMILES string of the molecule is COc1ccccc1CCNC(=O)c1ccc(-c2cc3c(cc2OC)C(C)(C)CCC3(C)C)s1. The van der Waals surface area contributed by atoms with Crippen molar-refractivity contribution in [2.24, 2.45) is 0 Å². The van der Waals surface area contributed by atoms with Crippen molar-refractivity contribution in [1.29, 1.82) is 0 Å². The van der Waals surface area contributed by atoms with Gasteiger partial charge in [-0.25, -0.2) is 0 Å². The number of methoxy groups -OCH3 is 2. The van der Waals surface area contributed by atoms with Gasteiger partial charge in [-0.05, 0) is 77.1 Å². The van der Waals surface area contributed by atoms with Crippen molar-refractivity contribution in [2.45, 2.75) is 57.8 Å². The molecule has 0 aliphatic heterocycles. The third kappa shape index (κ3) is 4.72. The van der Waals surface area contributed by atoms with Gasteiger partial charge in [0, 0.05) is 17.0 Å². The van der Waals surface area contributed by atoms with Crippen molar-refractivity contribution in [3.63, 3.8) is 0 Å². The molecule has 0 atom stereocenters. The van der Waals surface area contributed by atoms with E-state index >= 15 is 0 Å². The Hall–Kier alpha value is -2.79. The third-order valence-electron chi connectivity index (χ3n) is 7.14. The molecule has 1 heterocycles. The Morgan fingerprint density at radius 2 is 1.56 bits per heavy atom. The maximum absolute atomic E-state index is 12.8. The first kappa shape index (κ1) is 24.3. The quantitative estimate of drug-likeness (QED) is 0.409. The summed E-state index contributed by atoms with van der Waals surface area (Å²) in [6, 6.07) is 16.4. The van der Waals surface area contributed by atoms with Gasteiger partial charge in [0.05, 0.1) is 19.1 Å². The van der Waals surface area contributed by atoms with Crippen LogP contribution in [-0.4, -0.2) is 26.7 Å². The Labute approximate surface area is 207 Å². The number of thiophene rings is 1. The van der Waals surface area contributed by atoms with Crippen LogP contribution in [0.25, 0.3) is 10.4 Å². The minimum absolute atomic E-state index is 0.0514. The van der Waals surface area contributed by atoms with Gasteiger partial charge in [-0.3, -0.25) is 4.79 Å². The predicted octanol–water partition coefficient (Wildman–Crippen LogP) is 6.75. The van der Waals surface area contributed by atoms with Gasteiger partial charge >= 0.3 is 0 Å². The summed E-state index contributed by atoms with van der Waals surface area (Å²) in [5.74, 6) is 1.67. The van der Waals surface area contributed by atoms with E-state index in [-0.39, 0.29) is 16.7 Å². The number of rotatable bonds is 7. The van der Waals surface area contributed by atoms with Crippen molar-refractivity contribution in [2.75, 3.05) is 20.8 Å². The van der Waals surface area contributed by atoms with Crippen LogP contribution in [0.5, 0.6) is 11.5 Å². The lowest BCUT2D eigenvalue weighted by molar-refractivity contribution is 0.0958. The second-order valence-corrected chi connectivity index (χ2v) is 11.4. The molecule has 34 heavy (non-hydrogen) atoms. The molecule has 0 spiro atoms. The predicted molar refractivity (Wildman–Crippen MR) is 141 cm³/mol. The van der Waals surface area contributed by atoms with Crippen LogP contribution in [0.1, 0.15) is 66.9 Å². The highest BCUT2D eigenvalue weighted by Gasteiger charge is 2.38. The fraction of sp³-hybridized carbons (Fsp3) is 0.414. The van der Waals surface area contributed by atoms with Crippen LogP contribution < -0.4 is 14.8 Å². The lowest BCUT2D eigenvalue weighted by atomic mass is 9.63. The molecule has 1 amide bonds. The normalized spacial score (nSPS) is 15.9. The minimum Gasteiger partial charge on any atom is -0.496 e. The van der Waals surface area contributed by atoms with Gasteiger partial charge in [-0.1, -0.05) is 45.9 Å². The molecular weight excluding hydrogens is 442 g/mol. The molecule has 0 fully saturated rings. The van der Waals surface area contributed by atoms with Crippen molar-refractivity contribution >= 4 is 17.2 Å². The molecule has 1 aliphatic rings. The molecule has 0 bridgehead atoms. The van der Waals surface area contributed by atoms with E-state index in [9.17, 15) is 4.79 Å². The van der Waals surface area contributed by atoms with E-state index < -0.39 is 0 Å². The number of nitrogens with one attached hydrogen (secondary N) is 1. The van der Waals surface area contributed by atoms with Gasteiger partial charge in [0.15, 0.2) is 0 Å². The Balaban J connectivity index is 1.55. The summed E-state index contributed by atoms with van der Waals surface area (Å²) >= 11 is 1.51. The number of benzene rings is 2. The highest BCUT2D eigenvalue weighted by molar-refractivity contribution is 7.17. The number of hydrogen-bond donors (Lipinski definition) is 1. The van der Waals surface area contributed by atoms with Crippen LogP contribution in [0, 0.1) is 0 Å². The largest absolute Gasteiger partial charge is 0.496 e. The molecule has 0 saturated heterocycles. The molecule has 5 heteroatoms. The molecule has 3 aromatic rings. The number of amides is 1. The zero-order chi connectivity index (χ0) is 24.5. The van der Waals surface area contributed by atoms with Crippen LogP contribution in [0.3, 0.4) is 0 Å². The number of ether oxygens (including phenoxy) is 2. The van der Waals surface area contributed by atoms with Gasteiger partial charge in [0.25, 0.3) is 5.91 Å². The summed E-state index contributed by atoms with van der Waals surface area (Å²) < 4.78 is 11.2. The molecule has 1 aliphatic carbocycles. The topological polar surface area (TPSA) is 47.6 Å². The second kappa shape index (κ2) is 9.46. The van der Waals surface area contributed by atoms with Gasteiger partial charge in [-0.15, -0.1) is 11.3 Å². The van der Waals surface area contributed by atoms with Crippen molar-refractivity contribution < 1.29 is 14.3 Å². The summed E-state index contributed by atoms with van der Waals surface area (Å²) in [7, 11) is 3.40. The van der Waals surface area contributed by atoms with E-state index in [0.29, 0.717) is 11.4 Å². The summed E-state index contributed by atoms with van der Waals surface area (Å²) in [5, 5.41) is 3.05. The lowest BCUT2D eigenvalue weighted by Gasteiger charge is -2.42. The van der Waals surface area contributed by atoms with Crippen molar-refractivity contribution in [1.82, 2.24) is 5.32 Å². The first-order valence-corrected chi connectivity index (χ1v) is 12.7. The van der Waals surface area contributed by atoms with Crippen LogP contribution in [0.4, 0.5) is 0 Å². The lowest BCUT2D eigenvalue weighted by Crippen LogP contribution is -2.33. The standard InChI is InChI=1S/C29H35NO3S/c1-28(2)14-15-29(3,4)22-18-24(33-6)20(17-21(22)28)25-11-12-26(34-25)27(31)30-16-13-19-9-7-8-10-23(19)32-5/h7-12,17-18H,13-16H2,1-6H3,(H,30,31). The van der Waals surface area contributed by atoms with Crippen LogP contribution in [0.15, 0.2) is 48.5 Å². The molecule has 0 unspecified atom stereocenters. The molecule has 180 valence electrons. The molecule has 1 N–H and O–H groups in total. The molecular formula is C29H35NO3S. The number of hydrogen-bond acceptors (Lipinski definition) is 4. The zero-order valence-corrected chi connectivity index (χ0v) is 21.9. The summed E-state index contributed by atoms with van der Waals surface area (Å²) in [4.78, 5) is 14.6. The Morgan fingerprint density at radius 1 is 0.912 bits per heavy atom. The van der Waals surface area contributed by atoms with Crippen LogP contribution in [-0.2, 0) is 17.3 Å². The number of para-hydroxylation sites is 1. The highest BCUT2D eigenvalue weighted by Crippen LogP contribution is 2.49. The van der Waals surface area contributed by atoms with Crippen molar-refractivity contribution in [3.05, 3.63) is 70.1 Å². The van der Waals surface area contributed by atoms with Crippen molar-refractivity contribution in [3.8, 4) is 21.9 Å². The van der Waals surface area contributed by atoms with E-state index in [2.05, 4.69) is 45.1 Å². The number of fused-ring (bicyclic) bond motifs is 1. The average molecular weight is 478 g/mol. The Bertz CT molecular complexity index is 1190. The summed E-state index contributed by atoms with van der Waals surface area (Å²) in [6.07, 6.45) is 3.04. The highest BCUT2D eigenvalue weighted by atomic mass is 32.1. The van der Waals surface area contributed by atoms with Gasteiger partial charge in [-0.2, -0.15) is 0 Å². The minimum atomic E-state index is -0.0514. The maximum Gasteiger partial charge on any atom is 0.261 e. The van der Waals surface area contributed by atoms with Crippen LogP contribution >= 0.6 is 11.3 Å². The van der Waals surface area contributed by atoms with Gasteiger partial charge < -0.3 is 14.8 Å². The van der Waals surface area contributed by atoms with E-state index in [1.807, 2.05) is 36.4 Å². The monoisotopic (exact) mass is 477 g/mol. The maximum atomic E-state index is 12.8. The Kier molecular flexibility index (Phi) is 6.77. The van der Waals surface area contributed by atoms with E-state index in [0.717, 1.165) is 46.8 Å². The molecule has 2 aromatic carbocycles.